The molecule has 0 aromatic carbocycles. The molecule has 1 aromatic heterocycles. The maximum atomic E-state index is 12.6. The molecule has 5 rings (SSSR count). The number of halogens is 1. The van der Waals surface area contributed by atoms with E-state index >= 15 is 0 Å². The van der Waals surface area contributed by atoms with Crippen LogP contribution in [0.4, 0.5) is 0 Å². The number of hydrogen-bond acceptors (Lipinski definition) is 2. The minimum atomic E-state index is -0.135. The monoisotopic (exact) mass is 310 g/mol. The molecule has 0 spiro atoms. The summed E-state index contributed by atoms with van der Waals surface area (Å²) in [6, 6.07) is 0. The van der Waals surface area contributed by atoms with Crippen molar-refractivity contribution in [3.63, 3.8) is 0 Å². The third-order valence-electron chi connectivity index (χ3n) is 5.64. The Morgan fingerprint density at radius 3 is 2.29 bits per heavy atom. The van der Waals surface area contributed by atoms with Crippen molar-refractivity contribution in [3.05, 3.63) is 18.7 Å². The second kappa shape index (κ2) is 5.31. The van der Waals surface area contributed by atoms with Crippen LogP contribution in [0.5, 0.6) is 0 Å². The van der Waals surface area contributed by atoms with Crippen molar-refractivity contribution < 1.29 is 26.5 Å². The lowest BCUT2D eigenvalue weighted by molar-refractivity contribution is -0.671. The maximum Gasteiger partial charge on any atom is 0.315 e. The fraction of sp³-hybridized carbons (Fsp3) is 0.750. The van der Waals surface area contributed by atoms with E-state index in [0.717, 1.165) is 37.0 Å². The van der Waals surface area contributed by atoms with Gasteiger partial charge < -0.3 is 17.1 Å². The van der Waals surface area contributed by atoms with Crippen LogP contribution < -0.4 is 17.0 Å². The van der Waals surface area contributed by atoms with Gasteiger partial charge in [-0.1, -0.05) is 0 Å². The van der Waals surface area contributed by atoms with Crippen LogP contribution in [-0.4, -0.2) is 10.5 Å². The molecule has 4 fully saturated rings. The van der Waals surface area contributed by atoms with Crippen molar-refractivity contribution in [2.45, 2.75) is 45.3 Å². The Morgan fingerprint density at radius 2 is 1.81 bits per heavy atom. The van der Waals surface area contributed by atoms with Crippen LogP contribution in [0.1, 0.15) is 38.5 Å². The summed E-state index contributed by atoms with van der Waals surface area (Å²) in [5, 5.41) is 0. The predicted molar refractivity (Wildman–Crippen MR) is 72.3 cm³/mol. The summed E-state index contributed by atoms with van der Waals surface area (Å²) in [7, 11) is 1.97. The van der Waals surface area contributed by atoms with Gasteiger partial charge in [0.15, 0.2) is 0 Å². The van der Waals surface area contributed by atoms with Crippen LogP contribution in [-0.2, 0) is 23.3 Å². The van der Waals surface area contributed by atoms with Crippen molar-refractivity contribution in [1.82, 2.24) is 4.57 Å². The highest BCUT2D eigenvalue weighted by Gasteiger charge is 2.55. The van der Waals surface area contributed by atoms with Crippen LogP contribution in [0, 0.1) is 23.2 Å². The van der Waals surface area contributed by atoms with Gasteiger partial charge in [-0.3, -0.25) is 4.79 Å². The van der Waals surface area contributed by atoms with Gasteiger partial charge in [-0.2, -0.15) is 0 Å². The fourth-order valence-electron chi connectivity index (χ4n) is 5.22. The first-order valence-corrected chi connectivity index (χ1v) is 7.81. The zero-order valence-corrected chi connectivity index (χ0v) is 13.3. The summed E-state index contributed by atoms with van der Waals surface area (Å²) in [5.41, 5.74) is -0.135. The lowest BCUT2D eigenvalue weighted by Crippen LogP contribution is -3.00. The van der Waals surface area contributed by atoms with Gasteiger partial charge >= 0.3 is 5.97 Å². The molecule has 0 atom stereocenters. The van der Waals surface area contributed by atoms with Crippen molar-refractivity contribution >= 4 is 5.97 Å². The lowest BCUT2D eigenvalue weighted by atomic mass is 9.49. The Balaban J connectivity index is 0.00000132. The fourth-order valence-corrected chi connectivity index (χ4v) is 5.22. The smallest absolute Gasteiger partial charge is 0.315 e. The van der Waals surface area contributed by atoms with Crippen molar-refractivity contribution in [3.8, 4) is 0 Å². The summed E-state index contributed by atoms with van der Waals surface area (Å²) in [5.74, 6) is 2.43. The van der Waals surface area contributed by atoms with Gasteiger partial charge in [-0.05, 0) is 56.3 Å². The highest BCUT2D eigenvalue weighted by atomic mass is 35.5. The molecule has 5 heteroatoms. The largest absolute Gasteiger partial charge is 1.00 e. The van der Waals surface area contributed by atoms with Gasteiger partial charge in [0.05, 0.1) is 12.5 Å². The van der Waals surface area contributed by atoms with Crippen LogP contribution in [0.2, 0.25) is 0 Å². The highest BCUT2D eigenvalue weighted by molar-refractivity contribution is 5.77. The SMILES string of the molecule is C[n+]1ccn(COC(=O)C23CC4CC(CC(C4)C2)C3)c1.[Cl-]. The third-order valence-corrected chi connectivity index (χ3v) is 5.64. The van der Waals surface area contributed by atoms with E-state index in [1.807, 2.05) is 34.9 Å². The minimum absolute atomic E-state index is 0. The van der Waals surface area contributed by atoms with Crippen LogP contribution >= 0.6 is 0 Å². The number of hydrogen-bond donors (Lipinski definition) is 0. The molecule has 21 heavy (non-hydrogen) atoms. The summed E-state index contributed by atoms with van der Waals surface area (Å²) in [4.78, 5) is 12.6. The number of esters is 1. The quantitative estimate of drug-likeness (QED) is 0.532. The Hall–Kier alpha value is -1.03. The van der Waals surface area contributed by atoms with Crippen molar-refractivity contribution in [1.29, 1.82) is 0 Å². The lowest BCUT2D eigenvalue weighted by Gasteiger charge is -2.55. The summed E-state index contributed by atoms with van der Waals surface area (Å²) < 4.78 is 9.51. The van der Waals surface area contributed by atoms with E-state index in [1.54, 1.807) is 0 Å². The van der Waals surface area contributed by atoms with E-state index < -0.39 is 0 Å². The number of aromatic nitrogens is 2. The molecule has 0 amide bonds. The Labute approximate surface area is 131 Å². The van der Waals surface area contributed by atoms with E-state index in [2.05, 4.69) is 0 Å². The third kappa shape index (κ3) is 2.59. The normalized spacial score (nSPS) is 36.3. The van der Waals surface area contributed by atoms with Gasteiger partial charge in [0.25, 0.3) is 0 Å². The first-order valence-electron chi connectivity index (χ1n) is 7.81. The van der Waals surface area contributed by atoms with Crippen molar-refractivity contribution in [2.75, 3.05) is 0 Å². The van der Waals surface area contributed by atoms with Gasteiger partial charge in [0.2, 0.25) is 13.1 Å². The number of rotatable bonds is 3. The van der Waals surface area contributed by atoms with Crippen LogP contribution in [0.3, 0.4) is 0 Å². The number of ether oxygens (including phenoxy) is 1. The first kappa shape index (κ1) is 14.9. The Morgan fingerprint density at radius 1 is 1.24 bits per heavy atom. The van der Waals surface area contributed by atoms with Gasteiger partial charge in [0, 0.05) is 0 Å². The average molecular weight is 311 g/mol. The van der Waals surface area contributed by atoms with Crippen molar-refractivity contribution in [2.24, 2.45) is 30.2 Å². The molecular weight excluding hydrogens is 288 g/mol. The number of imidazole rings is 1. The molecule has 0 radical (unpaired) electrons. The topological polar surface area (TPSA) is 35.1 Å². The summed E-state index contributed by atoms with van der Waals surface area (Å²) in [6.07, 6.45) is 13.2. The average Bonchev–Trinajstić information content (AvgIpc) is 2.80. The molecule has 0 saturated heterocycles. The molecule has 4 aliphatic rings. The predicted octanol–water partition coefficient (Wildman–Crippen LogP) is -0.966. The number of carbonyl (C=O) groups is 1. The molecule has 4 saturated carbocycles. The van der Waals surface area contributed by atoms with E-state index in [-0.39, 0.29) is 23.8 Å². The summed E-state index contributed by atoms with van der Waals surface area (Å²) >= 11 is 0. The number of aryl methyl sites for hydroxylation is 1. The standard InChI is InChI=1S/C16H23N2O2.ClH/c1-17-2-3-18(10-17)11-20-15(19)16-7-12-4-13(8-16)6-14(5-12)9-16;/h2-3,10,12-14H,4-9,11H2,1H3;1H/q+1;/p-1. The van der Waals surface area contributed by atoms with E-state index in [4.69, 9.17) is 4.74 Å². The number of nitrogens with zero attached hydrogens (tertiary/aromatic N) is 2. The van der Waals surface area contributed by atoms with E-state index in [0.29, 0.717) is 6.73 Å². The van der Waals surface area contributed by atoms with Gasteiger partial charge in [0.1, 0.15) is 12.4 Å². The van der Waals surface area contributed by atoms with Crippen LogP contribution in [0.15, 0.2) is 18.7 Å². The second-order valence-electron chi connectivity index (χ2n) is 7.35. The summed E-state index contributed by atoms with van der Waals surface area (Å²) in [6.45, 7) is 0.349. The molecular formula is C16H23ClN2O2. The highest BCUT2D eigenvalue weighted by Crippen LogP contribution is 2.60. The van der Waals surface area contributed by atoms with E-state index in [9.17, 15) is 4.79 Å². The molecule has 4 aliphatic carbocycles. The number of carbonyl (C=O) groups excluding carboxylic acids is 1. The minimum Gasteiger partial charge on any atom is -1.00 e. The zero-order chi connectivity index (χ0) is 13.7. The Kier molecular flexibility index (Phi) is 3.76. The van der Waals surface area contributed by atoms with Crippen LogP contribution in [0.25, 0.3) is 0 Å². The first-order chi connectivity index (χ1) is 9.63. The molecule has 0 aliphatic heterocycles. The molecule has 4 bridgehead atoms. The van der Waals surface area contributed by atoms with E-state index in [1.165, 1.54) is 19.3 Å². The second-order valence-corrected chi connectivity index (χ2v) is 7.35. The zero-order valence-electron chi connectivity index (χ0n) is 12.5. The molecule has 4 nitrogen and oxygen atoms in total. The molecule has 1 heterocycles. The molecule has 116 valence electrons. The van der Waals surface area contributed by atoms with Gasteiger partial charge in [-0.25, -0.2) is 9.13 Å². The molecule has 1 aromatic rings. The molecule has 0 unspecified atom stereocenters. The molecule has 0 N–H and O–H groups in total. The maximum absolute atomic E-state index is 12.6. The Bertz CT molecular complexity index is 505. The van der Waals surface area contributed by atoms with Gasteiger partial charge in [-0.15, -0.1) is 0 Å².